The molecule has 1 aliphatic rings. The Labute approximate surface area is 307 Å². The largest absolute Gasteiger partial charge is 0.513 e. The summed E-state index contributed by atoms with van der Waals surface area (Å²) in [5.74, 6) is 0.666. The molecule has 0 aliphatic carbocycles. The van der Waals surface area contributed by atoms with Crippen LogP contribution in [0.2, 0.25) is 0 Å². The highest BCUT2D eigenvalue weighted by atomic mass is 16.8. The molecule has 0 aromatic heterocycles. The molecular weight excluding hydrogens is 684 g/mol. The van der Waals surface area contributed by atoms with E-state index >= 15 is 0 Å². The number of benzene rings is 4. The van der Waals surface area contributed by atoms with Crippen molar-refractivity contribution in [1.82, 2.24) is 4.90 Å². The Morgan fingerprint density at radius 1 is 0.736 bits per heavy atom. The van der Waals surface area contributed by atoms with Gasteiger partial charge in [0.2, 0.25) is 5.91 Å². The van der Waals surface area contributed by atoms with Crippen LogP contribution in [0.3, 0.4) is 0 Å². The smallest absolute Gasteiger partial charge is 0.497 e. The van der Waals surface area contributed by atoms with Crippen molar-refractivity contribution in [2.75, 3.05) is 27.9 Å². The second kappa shape index (κ2) is 18.4. The van der Waals surface area contributed by atoms with Crippen LogP contribution in [-0.4, -0.2) is 67.9 Å². The zero-order chi connectivity index (χ0) is 37.7. The number of carbonyl (C=O) groups is 3. The molecule has 4 aromatic carbocycles. The van der Waals surface area contributed by atoms with E-state index in [1.807, 2.05) is 48.5 Å². The fraction of sp³-hybridized carbons (Fsp3) is 0.325. The molecular formula is C40H42N2O11. The van der Waals surface area contributed by atoms with Crippen LogP contribution in [0.4, 0.5) is 4.79 Å². The molecule has 1 aliphatic heterocycles. The molecule has 0 spiro atoms. The Morgan fingerprint density at radius 2 is 1.25 bits per heavy atom. The molecule has 1 amide bonds. The molecule has 1 fully saturated rings. The number of β-lactam (4-membered cyclic amide) rings is 1. The van der Waals surface area contributed by atoms with Crippen LogP contribution < -0.4 is 14.2 Å². The Bertz CT molecular complexity index is 1770. The molecule has 3 unspecified atom stereocenters. The van der Waals surface area contributed by atoms with Crippen LogP contribution >= 0.6 is 0 Å². The average Bonchev–Trinajstić information content (AvgIpc) is 3.18. The quantitative estimate of drug-likeness (QED) is 0.0371. The van der Waals surface area contributed by atoms with Gasteiger partial charge in [0, 0.05) is 6.04 Å². The molecule has 0 radical (unpaired) electrons. The van der Waals surface area contributed by atoms with Gasteiger partial charge < -0.3 is 33.3 Å². The molecule has 13 heteroatoms. The molecule has 1 heterocycles. The molecule has 0 saturated carbocycles. The van der Waals surface area contributed by atoms with E-state index in [1.54, 1.807) is 68.7 Å². The van der Waals surface area contributed by atoms with E-state index in [2.05, 4.69) is 0 Å². The number of carbonyl (C=O) groups excluding carboxylic acids is 3. The Morgan fingerprint density at radius 3 is 1.74 bits per heavy atom. The van der Waals surface area contributed by atoms with Crippen LogP contribution in [0, 0.1) is 16.0 Å². The number of nitrogens with zero attached hydrogens (tertiary/aromatic N) is 2. The first kappa shape index (κ1) is 38.1. The molecule has 0 N–H and O–H groups in total. The number of rotatable bonds is 18. The zero-order valence-electron chi connectivity index (χ0n) is 29.8. The molecule has 5 rings (SSSR count). The lowest BCUT2D eigenvalue weighted by Gasteiger charge is -2.51. The standard InChI is InChI=1S/C40H42N2O11/c1-48-32-15-9-27(10-16-32)23-31(24-28-11-17-33(49-2)18-12-28)41-36(25-37(43)52-26-29-13-19-34(50-3)20-14-29)35(38(41)44)21-22-51-40(45)53-39(42(46)47)30-7-5-4-6-8-30/h4-20,31,35-36,39H,21-26H2,1-3H3. The van der Waals surface area contributed by atoms with E-state index in [1.165, 1.54) is 12.1 Å². The maximum atomic E-state index is 14.0. The monoisotopic (exact) mass is 726 g/mol. The van der Waals surface area contributed by atoms with Crippen molar-refractivity contribution in [3.63, 3.8) is 0 Å². The minimum absolute atomic E-state index is 0.0310. The molecule has 53 heavy (non-hydrogen) atoms. The summed E-state index contributed by atoms with van der Waals surface area (Å²) in [5, 5.41) is 11.6. The Hall–Kier alpha value is -6.11. The van der Waals surface area contributed by atoms with Gasteiger partial charge in [-0.15, -0.1) is 0 Å². The van der Waals surface area contributed by atoms with Gasteiger partial charge in [0.1, 0.15) is 23.9 Å². The van der Waals surface area contributed by atoms with Crippen molar-refractivity contribution in [2.24, 2.45) is 5.92 Å². The molecule has 1 saturated heterocycles. The second-order valence-corrected chi connectivity index (χ2v) is 12.4. The molecule has 0 bridgehead atoms. The van der Waals surface area contributed by atoms with Crippen LogP contribution in [0.15, 0.2) is 103 Å². The van der Waals surface area contributed by atoms with Crippen LogP contribution in [0.5, 0.6) is 17.2 Å². The van der Waals surface area contributed by atoms with E-state index in [4.69, 9.17) is 28.4 Å². The van der Waals surface area contributed by atoms with Crippen LogP contribution in [-0.2, 0) is 43.2 Å². The average molecular weight is 727 g/mol. The maximum Gasteiger partial charge on any atom is 0.513 e. The molecule has 278 valence electrons. The normalized spacial score (nSPS) is 15.5. The highest BCUT2D eigenvalue weighted by Gasteiger charge is 2.50. The number of amides is 1. The summed E-state index contributed by atoms with van der Waals surface area (Å²) < 4.78 is 31.7. The minimum Gasteiger partial charge on any atom is -0.497 e. The highest BCUT2D eigenvalue weighted by Crippen LogP contribution is 2.37. The third-order valence-electron chi connectivity index (χ3n) is 9.12. The predicted octanol–water partition coefficient (Wildman–Crippen LogP) is 6.35. The van der Waals surface area contributed by atoms with Gasteiger partial charge in [-0.1, -0.05) is 54.6 Å². The Balaban J connectivity index is 1.32. The van der Waals surface area contributed by atoms with Crippen molar-refractivity contribution in [1.29, 1.82) is 0 Å². The van der Waals surface area contributed by atoms with Gasteiger partial charge in [0.05, 0.1) is 56.8 Å². The second-order valence-electron chi connectivity index (χ2n) is 12.4. The van der Waals surface area contributed by atoms with Gasteiger partial charge in [0.15, 0.2) is 0 Å². The third-order valence-corrected chi connectivity index (χ3v) is 9.12. The number of esters is 1. The lowest BCUT2D eigenvalue weighted by Crippen LogP contribution is -2.66. The fourth-order valence-electron chi connectivity index (χ4n) is 6.33. The van der Waals surface area contributed by atoms with E-state index in [0.717, 1.165) is 16.7 Å². The van der Waals surface area contributed by atoms with Crippen LogP contribution in [0.25, 0.3) is 0 Å². The first-order valence-corrected chi connectivity index (χ1v) is 17.1. The van der Waals surface area contributed by atoms with Crippen molar-refractivity contribution < 1.29 is 47.7 Å². The minimum atomic E-state index is -1.76. The summed E-state index contributed by atoms with van der Waals surface area (Å²) in [5.41, 5.74) is 2.87. The van der Waals surface area contributed by atoms with Crippen molar-refractivity contribution >= 4 is 18.0 Å². The SMILES string of the molecule is COc1ccc(COC(=O)CC2C(CCOC(=O)OC(c3ccccc3)[N+](=O)[O-])C(=O)N2C(Cc2ccc(OC)cc2)Cc2ccc(OC)cc2)cc1. The highest BCUT2D eigenvalue weighted by molar-refractivity contribution is 5.88. The fourth-order valence-corrected chi connectivity index (χ4v) is 6.33. The summed E-state index contributed by atoms with van der Waals surface area (Å²) >= 11 is 0. The van der Waals surface area contributed by atoms with E-state index in [-0.39, 0.29) is 43.6 Å². The summed E-state index contributed by atoms with van der Waals surface area (Å²) in [6.07, 6.45) is -2.07. The van der Waals surface area contributed by atoms with Crippen LogP contribution in [0.1, 0.15) is 41.3 Å². The summed E-state index contributed by atoms with van der Waals surface area (Å²) in [7, 11) is 4.74. The molecule has 4 aromatic rings. The number of ether oxygens (including phenoxy) is 6. The van der Waals surface area contributed by atoms with Crippen molar-refractivity contribution in [3.8, 4) is 17.2 Å². The molecule has 3 atom stereocenters. The number of likely N-dealkylation sites (tertiary alicyclic amines) is 1. The van der Waals surface area contributed by atoms with Crippen molar-refractivity contribution in [3.05, 3.63) is 135 Å². The first-order valence-electron chi connectivity index (χ1n) is 17.1. The summed E-state index contributed by atoms with van der Waals surface area (Å²) in [4.78, 5) is 52.5. The number of hydrogen-bond acceptors (Lipinski definition) is 11. The zero-order valence-corrected chi connectivity index (χ0v) is 29.8. The van der Waals surface area contributed by atoms with Gasteiger partial charge in [-0.05, 0) is 84.5 Å². The van der Waals surface area contributed by atoms with E-state index in [9.17, 15) is 24.5 Å². The number of nitro groups is 1. The topological polar surface area (TPSA) is 153 Å². The van der Waals surface area contributed by atoms with E-state index in [0.29, 0.717) is 30.1 Å². The van der Waals surface area contributed by atoms with Gasteiger partial charge in [-0.3, -0.25) is 19.7 Å². The lowest BCUT2D eigenvalue weighted by atomic mass is 9.79. The number of methoxy groups -OCH3 is 3. The molecule has 13 nitrogen and oxygen atoms in total. The first-order chi connectivity index (χ1) is 25.7. The summed E-state index contributed by atoms with van der Waals surface area (Å²) in [6, 6.07) is 29.2. The number of hydrogen-bond donors (Lipinski definition) is 0. The third kappa shape index (κ3) is 10.2. The Kier molecular flexibility index (Phi) is 13.2. The van der Waals surface area contributed by atoms with Gasteiger partial charge in [-0.2, -0.15) is 0 Å². The lowest BCUT2D eigenvalue weighted by molar-refractivity contribution is -0.576. The van der Waals surface area contributed by atoms with Gasteiger partial charge in [0.25, 0.3) is 0 Å². The maximum absolute atomic E-state index is 14.0. The van der Waals surface area contributed by atoms with Crippen molar-refractivity contribution in [2.45, 2.75) is 50.6 Å². The predicted molar refractivity (Wildman–Crippen MR) is 192 cm³/mol. The van der Waals surface area contributed by atoms with Gasteiger partial charge in [-0.25, -0.2) is 4.79 Å². The van der Waals surface area contributed by atoms with E-state index < -0.39 is 35.2 Å². The summed E-state index contributed by atoms with van der Waals surface area (Å²) in [6.45, 7) is -0.232. The van der Waals surface area contributed by atoms with Gasteiger partial charge >= 0.3 is 18.4 Å².